The van der Waals surface area contributed by atoms with Crippen molar-refractivity contribution >= 4 is 62.3 Å². The van der Waals surface area contributed by atoms with E-state index in [1.807, 2.05) is 44.2 Å². The van der Waals surface area contributed by atoms with Crippen LogP contribution < -0.4 is 16.0 Å². The van der Waals surface area contributed by atoms with Crippen LogP contribution in [-0.4, -0.2) is 22.7 Å². The molecule has 0 aliphatic heterocycles. The summed E-state index contributed by atoms with van der Waals surface area (Å²) in [6.45, 7) is 3.91. The van der Waals surface area contributed by atoms with Crippen molar-refractivity contribution in [1.82, 2.24) is 4.98 Å². The van der Waals surface area contributed by atoms with Gasteiger partial charge in [-0.05, 0) is 61.4 Å². The Labute approximate surface area is 198 Å². The third kappa shape index (κ3) is 5.88. The molecule has 0 aliphatic carbocycles. The highest BCUT2D eigenvalue weighted by atomic mass is 32.2. The molecule has 1 heterocycles. The molecule has 1 aromatic heterocycles. The van der Waals surface area contributed by atoms with Gasteiger partial charge in [-0.25, -0.2) is 14.2 Å². The number of hydrogen-bond donors (Lipinski definition) is 3. The molecule has 0 spiro atoms. The van der Waals surface area contributed by atoms with Gasteiger partial charge in [0.2, 0.25) is 5.91 Å². The predicted molar refractivity (Wildman–Crippen MR) is 134 cm³/mol. The highest BCUT2D eigenvalue weighted by molar-refractivity contribution is 8.01. The molecule has 0 saturated heterocycles. The maximum atomic E-state index is 13.7. The highest BCUT2D eigenvalue weighted by Gasteiger charge is 2.11. The van der Waals surface area contributed by atoms with Crippen molar-refractivity contribution in [3.05, 3.63) is 77.6 Å². The number of para-hydroxylation sites is 1. The maximum Gasteiger partial charge on any atom is 0.323 e. The van der Waals surface area contributed by atoms with Gasteiger partial charge in [-0.15, -0.1) is 11.3 Å². The van der Waals surface area contributed by atoms with E-state index in [1.165, 1.54) is 35.2 Å². The molecule has 6 nitrogen and oxygen atoms in total. The summed E-state index contributed by atoms with van der Waals surface area (Å²) in [4.78, 5) is 29.1. The van der Waals surface area contributed by atoms with E-state index < -0.39 is 5.82 Å². The van der Waals surface area contributed by atoms with Crippen molar-refractivity contribution in [3.8, 4) is 0 Å². The Morgan fingerprint density at radius 2 is 1.79 bits per heavy atom. The van der Waals surface area contributed by atoms with Crippen molar-refractivity contribution in [3.63, 3.8) is 0 Å². The SMILES string of the molecule is Cc1ccc(C)c(NC(=O)Nc2ccc3nc(SCC(=O)Nc4ccccc4F)sc3c2)c1. The average Bonchev–Trinajstić information content (AvgIpc) is 3.19. The summed E-state index contributed by atoms with van der Waals surface area (Å²) in [5.74, 6) is -0.676. The summed E-state index contributed by atoms with van der Waals surface area (Å²) in [5.41, 5.74) is 4.38. The number of amides is 3. The van der Waals surface area contributed by atoms with Crippen molar-refractivity contribution in [2.24, 2.45) is 0 Å². The molecule has 0 saturated carbocycles. The molecule has 0 bridgehead atoms. The number of benzene rings is 3. The lowest BCUT2D eigenvalue weighted by molar-refractivity contribution is -0.113. The van der Waals surface area contributed by atoms with Crippen molar-refractivity contribution in [2.75, 3.05) is 21.7 Å². The monoisotopic (exact) mass is 480 g/mol. The summed E-state index contributed by atoms with van der Waals surface area (Å²) in [5, 5.41) is 8.28. The lowest BCUT2D eigenvalue weighted by atomic mass is 10.1. The number of aromatic nitrogens is 1. The molecular weight excluding hydrogens is 459 g/mol. The van der Waals surface area contributed by atoms with Gasteiger partial charge in [0, 0.05) is 11.4 Å². The minimum Gasteiger partial charge on any atom is -0.323 e. The number of fused-ring (bicyclic) bond motifs is 1. The minimum atomic E-state index is -0.475. The molecule has 0 unspecified atom stereocenters. The molecule has 33 heavy (non-hydrogen) atoms. The Hall–Kier alpha value is -3.43. The van der Waals surface area contributed by atoms with Crippen molar-refractivity contribution in [1.29, 1.82) is 0 Å². The number of nitrogens with one attached hydrogen (secondary N) is 3. The van der Waals surface area contributed by atoms with Crippen LogP contribution in [0.5, 0.6) is 0 Å². The number of carbonyl (C=O) groups excluding carboxylic acids is 2. The van der Waals surface area contributed by atoms with E-state index in [2.05, 4.69) is 20.9 Å². The van der Waals surface area contributed by atoms with Crippen LogP contribution in [0, 0.1) is 19.7 Å². The number of anilines is 3. The standard InChI is InChI=1S/C24H21FN4O2S2/c1-14-7-8-15(2)20(11-14)28-23(31)26-16-9-10-19-21(12-16)33-24(29-19)32-13-22(30)27-18-6-4-3-5-17(18)25/h3-12H,13H2,1-2H3,(H,27,30)(H2,26,28,31). The normalized spacial score (nSPS) is 10.8. The third-order valence-electron chi connectivity index (χ3n) is 4.74. The predicted octanol–water partition coefficient (Wildman–Crippen LogP) is 6.43. The Morgan fingerprint density at radius 1 is 0.970 bits per heavy atom. The van der Waals surface area contributed by atoms with Gasteiger partial charge in [-0.3, -0.25) is 4.79 Å². The zero-order chi connectivity index (χ0) is 23.4. The van der Waals surface area contributed by atoms with Crippen LogP contribution >= 0.6 is 23.1 Å². The fourth-order valence-corrected chi connectivity index (χ4v) is 4.98. The number of hydrogen-bond acceptors (Lipinski definition) is 5. The molecule has 3 aromatic carbocycles. The highest BCUT2D eigenvalue weighted by Crippen LogP contribution is 2.31. The van der Waals surface area contributed by atoms with Crippen molar-refractivity contribution < 1.29 is 14.0 Å². The second-order valence-corrected chi connectivity index (χ2v) is 9.63. The molecule has 0 aliphatic rings. The smallest absolute Gasteiger partial charge is 0.323 e. The Bertz CT molecular complexity index is 1340. The second kappa shape index (κ2) is 10.0. The van der Waals surface area contributed by atoms with Gasteiger partial charge in [0.1, 0.15) is 5.82 Å². The molecule has 0 fully saturated rings. The van der Waals surface area contributed by atoms with Crippen LogP contribution in [0.25, 0.3) is 10.2 Å². The van der Waals surface area contributed by atoms with E-state index in [9.17, 15) is 14.0 Å². The van der Waals surface area contributed by atoms with E-state index in [-0.39, 0.29) is 23.4 Å². The van der Waals surface area contributed by atoms with E-state index in [0.29, 0.717) is 10.0 Å². The minimum absolute atomic E-state index is 0.109. The topological polar surface area (TPSA) is 83.1 Å². The summed E-state index contributed by atoms with van der Waals surface area (Å²) in [7, 11) is 0. The lowest BCUT2D eigenvalue weighted by Crippen LogP contribution is -2.19. The van der Waals surface area contributed by atoms with E-state index in [4.69, 9.17) is 0 Å². The van der Waals surface area contributed by atoms with Crippen LogP contribution in [0.3, 0.4) is 0 Å². The summed E-state index contributed by atoms with van der Waals surface area (Å²) >= 11 is 2.70. The molecule has 0 radical (unpaired) electrons. The Morgan fingerprint density at radius 3 is 2.61 bits per heavy atom. The van der Waals surface area contributed by atoms with Crippen LogP contribution in [0.4, 0.5) is 26.2 Å². The second-order valence-electron chi connectivity index (χ2n) is 7.38. The maximum absolute atomic E-state index is 13.7. The summed E-state index contributed by atoms with van der Waals surface area (Å²) < 4.78 is 15.3. The first-order valence-corrected chi connectivity index (χ1v) is 11.9. The average molecular weight is 481 g/mol. The largest absolute Gasteiger partial charge is 0.323 e. The van der Waals surface area contributed by atoms with Crippen LogP contribution in [0.1, 0.15) is 11.1 Å². The first kappa shape index (κ1) is 22.8. The summed E-state index contributed by atoms with van der Waals surface area (Å²) in [6.07, 6.45) is 0. The zero-order valence-electron chi connectivity index (χ0n) is 17.9. The molecule has 0 atom stereocenters. The number of thiazole rings is 1. The van der Waals surface area contributed by atoms with Gasteiger partial charge in [-0.1, -0.05) is 36.0 Å². The fraction of sp³-hybridized carbons (Fsp3) is 0.125. The lowest BCUT2D eigenvalue weighted by Gasteiger charge is -2.10. The molecule has 4 rings (SSSR count). The number of thioether (sulfide) groups is 1. The van der Waals surface area contributed by atoms with E-state index in [0.717, 1.165) is 27.0 Å². The van der Waals surface area contributed by atoms with E-state index in [1.54, 1.807) is 18.2 Å². The first-order chi connectivity index (χ1) is 15.9. The number of rotatable bonds is 6. The molecule has 9 heteroatoms. The molecule has 3 N–H and O–H groups in total. The summed E-state index contributed by atoms with van der Waals surface area (Å²) in [6, 6.07) is 17.0. The number of urea groups is 1. The van der Waals surface area contributed by atoms with Gasteiger partial charge in [0.05, 0.1) is 21.7 Å². The molecule has 4 aromatic rings. The number of halogens is 1. The van der Waals surface area contributed by atoms with Gasteiger partial charge in [0.25, 0.3) is 0 Å². The van der Waals surface area contributed by atoms with Gasteiger partial charge < -0.3 is 16.0 Å². The van der Waals surface area contributed by atoms with E-state index >= 15 is 0 Å². The van der Waals surface area contributed by atoms with Gasteiger partial charge in [-0.2, -0.15) is 0 Å². The number of carbonyl (C=O) groups is 2. The van der Waals surface area contributed by atoms with Crippen molar-refractivity contribution in [2.45, 2.75) is 18.2 Å². The quantitative estimate of drug-likeness (QED) is 0.278. The Kier molecular flexibility index (Phi) is 6.90. The zero-order valence-corrected chi connectivity index (χ0v) is 19.6. The molecule has 3 amide bonds. The third-order valence-corrected chi connectivity index (χ3v) is 6.90. The van der Waals surface area contributed by atoms with Gasteiger partial charge in [0.15, 0.2) is 4.34 Å². The van der Waals surface area contributed by atoms with Crippen LogP contribution in [0.2, 0.25) is 0 Å². The molecular formula is C24H21FN4O2S2. The fourth-order valence-electron chi connectivity index (χ4n) is 3.07. The van der Waals surface area contributed by atoms with Crippen LogP contribution in [-0.2, 0) is 4.79 Å². The van der Waals surface area contributed by atoms with Crippen LogP contribution in [0.15, 0.2) is 65.0 Å². The number of nitrogens with zero attached hydrogens (tertiary/aromatic N) is 1. The number of aryl methyl sites for hydroxylation is 2. The van der Waals surface area contributed by atoms with Gasteiger partial charge >= 0.3 is 6.03 Å². The molecule has 168 valence electrons. The Balaban J connectivity index is 1.37. The first-order valence-electron chi connectivity index (χ1n) is 10.1.